The van der Waals surface area contributed by atoms with Gasteiger partial charge in [-0.15, -0.1) is 0 Å². The van der Waals surface area contributed by atoms with Crippen LogP contribution in [0.25, 0.3) is 0 Å². The molecule has 0 bridgehead atoms. The van der Waals surface area contributed by atoms with Crippen molar-refractivity contribution in [3.63, 3.8) is 0 Å². The molecule has 0 saturated carbocycles. The molecule has 1 aromatic heterocycles. The van der Waals surface area contributed by atoms with Crippen molar-refractivity contribution in [3.05, 3.63) is 24.2 Å². The van der Waals surface area contributed by atoms with Crippen molar-refractivity contribution in [3.8, 4) is 0 Å². The Bertz CT molecular complexity index is 284. The molecule has 1 rings (SSSR count). The average molecular weight is 224 g/mol. The molecule has 1 N–H and O–H groups in total. The molecule has 0 spiro atoms. The van der Waals surface area contributed by atoms with Crippen molar-refractivity contribution < 1.29 is 4.42 Å². The van der Waals surface area contributed by atoms with Crippen molar-refractivity contribution in [2.45, 2.75) is 45.6 Å². The molecule has 3 nitrogen and oxygen atoms in total. The summed E-state index contributed by atoms with van der Waals surface area (Å²) in [6.45, 7) is 7.76. The second-order valence-corrected chi connectivity index (χ2v) is 4.48. The van der Waals surface area contributed by atoms with Gasteiger partial charge in [0.1, 0.15) is 5.76 Å². The Hall–Kier alpha value is -0.800. The summed E-state index contributed by atoms with van der Waals surface area (Å²) < 4.78 is 5.45. The van der Waals surface area contributed by atoms with Gasteiger partial charge in [0.2, 0.25) is 0 Å². The van der Waals surface area contributed by atoms with Gasteiger partial charge in [0.05, 0.1) is 6.26 Å². The van der Waals surface area contributed by atoms with E-state index in [9.17, 15) is 0 Å². The Kier molecular flexibility index (Phi) is 5.03. The van der Waals surface area contributed by atoms with Gasteiger partial charge in [-0.05, 0) is 38.9 Å². The van der Waals surface area contributed by atoms with Gasteiger partial charge in [0, 0.05) is 18.5 Å². The summed E-state index contributed by atoms with van der Waals surface area (Å²) in [5.74, 6) is 1.06. The zero-order valence-electron chi connectivity index (χ0n) is 10.9. The van der Waals surface area contributed by atoms with E-state index in [0.29, 0.717) is 0 Å². The summed E-state index contributed by atoms with van der Waals surface area (Å²) >= 11 is 0. The maximum absolute atomic E-state index is 5.45. The van der Waals surface area contributed by atoms with Crippen molar-refractivity contribution >= 4 is 0 Å². The van der Waals surface area contributed by atoms with E-state index < -0.39 is 0 Å². The number of nitrogens with one attached hydrogen (secondary N) is 1. The number of furan rings is 1. The van der Waals surface area contributed by atoms with Crippen molar-refractivity contribution in [2.75, 3.05) is 13.6 Å². The maximum atomic E-state index is 5.45. The third kappa shape index (κ3) is 3.09. The van der Waals surface area contributed by atoms with Gasteiger partial charge in [-0.3, -0.25) is 5.43 Å². The average Bonchev–Trinajstić information content (AvgIpc) is 2.78. The first-order chi connectivity index (χ1) is 7.66. The molecule has 0 aliphatic heterocycles. The topological polar surface area (TPSA) is 28.4 Å². The van der Waals surface area contributed by atoms with E-state index >= 15 is 0 Å². The second-order valence-electron chi connectivity index (χ2n) is 4.48. The van der Waals surface area contributed by atoms with Crippen molar-refractivity contribution in [2.24, 2.45) is 0 Å². The molecule has 3 heteroatoms. The van der Waals surface area contributed by atoms with Gasteiger partial charge < -0.3 is 4.42 Å². The fourth-order valence-corrected chi connectivity index (χ4v) is 2.08. The fraction of sp³-hybridized carbons (Fsp3) is 0.692. The minimum absolute atomic E-state index is 0.114. The molecule has 92 valence electrons. The van der Waals surface area contributed by atoms with Crippen molar-refractivity contribution in [1.29, 1.82) is 0 Å². The summed E-state index contributed by atoms with van der Waals surface area (Å²) in [5.41, 5.74) is 3.41. The normalized spacial score (nSPS) is 15.3. The summed E-state index contributed by atoms with van der Waals surface area (Å²) in [6, 6.07) is 4.00. The molecule has 1 aromatic rings. The third-order valence-corrected chi connectivity index (χ3v) is 3.27. The monoisotopic (exact) mass is 224 g/mol. The van der Waals surface area contributed by atoms with Gasteiger partial charge in [-0.2, -0.15) is 0 Å². The molecule has 0 amide bonds. The smallest absolute Gasteiger partial charge is 0.105 e. The molecule has 0 saturated heterocycles. The standard InChI is InChI=1S/C13H24N2O/c1-5-9-15(14-4)13(3,6-2)11-12-8-7-10-16-12/h7-8,10,14H,5-6,9,11H2,1-4H3. The number of hydrazine groups is 1. The van der Waals surface area contributed by atoms with E-state index in [1.807, 2.05) is 19.2 Å². The molecule has 0 fully saturated rings. The van der Waals surface area contributed by atoms with Gasteiger partial charge in [0.25, 0.3) is 0 Å². The zero-order chi connectivity index (χ0) is 12.0. The number of hydrogen-bond acceptors (Lipinski definition) is 3. The van der Waals surface area contributed by atoms with Crippen LogP contribution in [0.4, 0.5) is 0 Å². The minimum atomic E-state index is 0.114. The Morgan fingerprint density at radius 1 is 1.44 bits per heavy atom. The Morgan fingerprint density at radius 3 is 2.62 bits per heavy atom. The summed E-state index contributed by atoms with van der Waals surface area (Å²) in [4.78, 5) is 0. The summed E-state index contributed by atoms with van der Waals surface area (Å²) in [6.07, 6.45) is 4.93. The quantitative estimate of drug-likeness (QED) is 0.722. The molecule has 1 heterocycles. The molecule has 16 heavy (non-hydrogen) atoms. The van der Waals surface area contributed by atoms with Crippen LogP contribution in [-0.2, 0) is 6.42 Å². The van der Waals surface area contributed by atoms with E-state index in [4.69, 9.17) is 4.42 Å². The summed E-state index contributed by atoms with van der Waals surface area (Å²) in [5, 5.41) is 2.32. The van der Waals surface area contributed by atoms with E-state index in [1.54, 1.807) is 6.26 Å². The van der Waals surface area contributed by atoms with Gasteiger partial charge in [-0.1, -0.05) is 13.8 Å². The minimum Gasteiger partial charge on any atom is -0.469 e. The highest BCUT2D eigenvalue weighted by Gasteiger charge is 2.30. The first-order valence-electron chi connectivity index (χ1n) is 6.13. The Labute approximate surface area is 98.8 Å². The van der Waals surface area contributed by atoms with Crippen LogP contribution >= 0.6 is 0 Å². The van der Waals surface area contributed by atoms with Crippen molar-refractivity contribution in [1.82, 2.24) is 10.4 Å². The summed E-state index contributed by atoms with van der Waals surface area (Å²) in [7, 11) is 1.99. The molecule has 0 aliphatic rings. The molecular formula is C13H24N2O. The lowest BCUT2D eigenvalue weighted by molar-refractivity contribution is 0.0487. The highest BCUT2D eigenvalue weighted by molar-refractivity contribution is 5.04. The van der Waals surface area contributed by atoms with Gasteiger partial charge >= 0.3 is 0 Å². The van der Waals surface area contributed by atoms with Gasteiger partial charge in [0.15, 0.2) is 0 Å². The molecule has 0 radical (unpaired) electrons. The first kappa shape index (κ1) is 13.3. The second kappa shape index (κ2) is 6.06. The molecule has 0 aliphatic carbocycles. The fourth-order valence-electron chi connectivity index (χ4n) is 2.08. The first-order valence-corrected chi connectivity index (χ1v) is 6.13. The molecule has 1 unspecified atom stereocenters. The lowest BCUT2D eigenvalue weighted by Gasteiger charge is -2.39. The van der Waals surface area contributed by atoms with Gasteiger partial charge in [-0.25, -0.2) is 5.01 Å². The molecular weight excluding hydrogens is 200 g/mol. The van der Waals surface area contributed by atoms with E-state index in [1.165, 1.54) is 0 Å². The largest absolute Gasteiger partial charge is 0.469 e. The lowest BCUT2D eigenvalue weighted by Crippen LogP contribution is -2.53. The van der Waals surface area contributed by atoms with Crippen LogP contribution in [0.2, 0.25) is 0 Å². The predicted octanol–water partition coefficient (Wildman–Crippen LogP) is 2.84. The van der Waals surface area contributed by atoms with Crippen LogP contribution in [0.3, 0.4) is 0 Å². The SMILES string of the molecule is CCCN(NC)C(C)(CC)Cc1ccco1. The van der Waals surface area contributed by atoms with E-state index in [0.717, 1.165) is 31.6 Å². The number of hydrogen-bond donors (Lipinski definition) is 1. The Balaban J connectivity index is 2.74. The van der Waals surface area contributed by atoms with E-state index in [-0.39, 0.29) is 5.54 Å². The zero-order valence-corrected chi connectivity index (χ0v) is 10.9. The van der Waals surface area contributed by atoms with E-state index in [2.05, 4.69) is 31.2 Å². The molecule has 0 aromatic carbocycles. The highest BCUT2D eigenvalue weighted by Crippen LogP contribution is 2.23. The third-order valence-electron chi connectivity index (χ3n) is 3.27. The van der Waals surface area contributed by atoms with Crippen LogP contribution in [0.15, 0.2) is 22.8 Å². The Morgan fingerprint density at radius 2 is 2.19 bits per heavy atom. The van der Waals surface area contributed by atoms with Crippen LogP contribution in [0.1, 0.15) is 39.4 Å². The van der Waals surface area contributed by atoms with Crippen LogP contribution in [0, 0.1) is 0 Å². The predicted molar refractivity (Wildman–Crippen MR) is 67.2 cm³/mol. The number of nitrogens with zero attached hydrogens (tertiary/aromatic N) is 1. The van der Waals surface area contributed by atoms with Crippen LogP contribution in [0.5, 0.6) is 0 Å². The highest BCUT2D eigenvalue weighted by atomic mass is 16.3. The van der Waals surface area contributed by atoms with Crippen LogP contribution in [-0.4, -0.2) is 24.1 Å². The number of rotatable bonds is 7. The molecule has 1 atom stereocenters. The lowest BCUT2D eigenvalue weighted by atomic mass is 9.92. The maximum Gasteiger partial charge on any atom is 0.105 e. The van der Waals surface area contributed by atoms with Crippen LogP contribution < -0.4 is 5.43 Å².